The molecule has 1 heteroatoms. The van der Waals surface area contributed by atoms with Crippen molar-refractivity contribution in [1.82, 2.24) is 0 Å². The summed E-state index contributed by atoms with van der Waals surface area (Å²) >= 11 is 0. The second-order valence-corrected chi connectivity index (χ2v) is 4.42. The first-order valence-electron chi connectivity index (χ1n) is 6.12. The van der Waals surface area contributed by atoms with Gasteiger partial charge in [-0.25, -0.2) is 5.26 Å². The minimum absolute atomic E-state index is 1.02. The molecule has 0 unspecified atom stereocenters. The zero-order valence-corrected chi connectivity index (χ0v) is 9.84. The van der Waals surface area contributed by atoms with Crippen molar-refractivity contribution in [3.8, 4) is 6.57 Å². The zero-order valence-electron chi connectivity index (χ0n) is 9.84. The summed E-state index contributed by atoms with van der Waals surface area (Å²) in [5.74, 6) is 2.11. The van der Waals surface area contributed by atoms with Crippen LogP contribution in [0.5, 0.6) is 0 Å². The monoisotopic (exact) mass is 195 g/mol. The number of nitrogens with zero attached hydrogens (tertiary/aromatic N) is 1. The van der Waals surface area contributed by atoms with E-state index in [-0.39, 0.29) is 0 Å². The van der Waals surface area contributed by atoms with E-state index in [1.165, 1.54) is 51.4 Å². The SMILES string of the molecule is C#N.CCC(CC)CC1CCCCC1. The molecule has 0 amide bonds. The third kappa shape index (κ3) is 5.27. The van der Waals surface area contributed by atoms with Crippen molar-refractivity contribution in [3.63, 3.8) is 0 Å². The van der Waals surface area contributed by atoms with Gasteiger partial charge in [0.05, 0.1) is 0 Å². The predicted octanol–water partition coefficient (Wildman–Crippen LogP) is 4.53. The number of hydrogen-bond acceptors (Lipinski definition) is 1. The van der Waals surface area contributed by atoms with Gasteiger partial charge in [0, 0.05) is 6.57 Å². The Hall–Kier alpha value is -0.510. The molecule has 1 fully saturated rings. The molecule has 14 heavy (non-hydrogen) atoms. The fourth-order valence-corrected chi connectivity index (χ4v) is 2.52. The van der Waals surface area contributed by atoms with E-state index >= 15 is 0 Å². The maximum atomic E-state index is 6.50. The van der Waals surface area contributed by atoms with Gasteiger partial charge in [-0.05, 0) is 18.3 Å². The van der Waals surface area contributed by atoms with Crippen LogP contribution in [0.3, 0.4) is 0 Å². The van der Waals surface area contributed by atoms with E-state index in [0.29, 0.717) is 0 Å². The van der Waals surface area contributed by atoms with Gasteiger partial charge >= 0.3 is 0 Å². The fourth-order valence-electron chi connectivity index (χ4n) is 2.52. The molecular formula is C13H25N. The minimum atomic E-state index is 1.02. The lowest BCUT2D eigenvalue weighted by molar-refractivity contribution is 0.279. The Kier molecular flexibility index (Phi) is 8.73. The summed E-state index contributed by atoms with van der Waals surface area (Å²) in [6.45, 7) is 8.19. The predicted molar refractivity (Wildman–Crippen MR) is 61.9 cm³/mol. The maximum Gasteiger partial charge on any atom is 0.0462 e. The molecule has 0 aromatic heterocycles. The summed E-state index contributed by atoms with van der Waals surface area (Å²) in [7, 11) is 0. The first-order chi connectivity index (χ1) is 6.86. The molecule has 0 aromatic carbocycles. The fraction of sp³-hybridized carbons (Fsp3) is 0.923. The van der Waals surface area contributed by atoms with Crippen LogP contribution >= 0.6 is 0 Å². The van der Waals surface area contributed by atoms with Gasteiger partial charge in [0.1, 0.15) is 0 Å². The highest BCUT2D eigenvalue weighted by molar-refractivity contribution is 4.69. The van der Waals surface area contributed by atoms with Gasteiger partial charge in [0.15, 0.2) is 0 Å². The molecule has 1 rings (SSSR count). The van der Waals surface area contributed by atoms with Crippen molar-refractivity contribution in [3.05, 3.63) is 0 Å². The Labute approximate surface area is 89.5 Å². The summed E-state index contributed by atoms with van der Waals surface area (Å²) in [5, 5.41) is 6.50. The van der Waals surface area contributed by atoms with E-state index in [1.54, 1.807) is 0 Å². The van der Waals surface area contributed by atoms with Crippen molar-refractivity contribution in [2.45, 2.75) is 65.2 Å². The van der Waals surface area contributed by atoms with E-state index in [0.717, 1.165) is 11.8 Å². The van der Waals surface area contributed by atoms with Crippen molar-refractivity contribution in [2.24, 2.45) is 11.8 Å². The van der Waals surface area contributed by atoms with Crippen molar-refractivity contribution < 1.29 is 0 Å². The number of rotatable bonds is 4. The molecule has 0 aliphatic heterocycles. The van der Waals surface area contributed by atoms with E-state index < -0.39 is 0 Å². The topological polar surface area (TPSA) is 23.8 Å². The quantitative estimate of drug-likeness (QED) is 0.646. The molecule has 1 nitrogen and oxygen atoms in total. The van der Waals surface area contributed by atoms with Crippen LogP contribution in [0.1, 0.15) is 65.2 Å². The van der Waals surface area contributed by atoms with Crippen LogP contribution in [-0.2, 0) is 0 Å². The van der Waals surface area contributed by atoms with Crippen LogP contribution < -0.4 is 0 Å². The van der Waals surface area contributed by atoms with Crippen LogP contribution in [0.25, 0.3) is 0 Å². The third-order valence-electron chi connectivity index (χ3n) is 3.55. The molecule has 0 spiro atoms. The van der Waals surface area contributed by atoms with E-state index in [9.17, 15) is 0 Å². The Morgan fingerprint density at radius 1 is 1.07 bits per heavy atom. The minimum Gasteiger partial charge on any atom is -0.202 e. The maximum absolute atomic E-state index is 6.50. The van der Waals surface area contributed by atoms with E-state index in [2.05, 4.69) is 20.4 Å². The molecule has 0 bridgehead atoms. The molecular weight excluding hydrogens is 170 g/mol. The van der Waals surface area contributed by atoms with Crippen molar-refractivity contribution in [1.29, 1.82) is 5.26 Å². The van der Waals surface area contributed by atoms with Gasteiger partial charge in [0.25, 0.3) is 0 Å². The van der Waals surface area contributed by atoms with Crippen molar-refractivity contribution >= 4 is 0 Å². The molecule has 0 radical (unpaired) electrons. The van der Waals surface area contributed by atoms with Crippen LogP contribution in [0, 0.1) is 23.7 Å². The van der Waals surface area contributed by atoms with Gasteiger partial charge in [-0.15, -0.1) is 0 Å². The van der Waals surface area contributed by atoms with Crippen LogP contribution in [0.4, 0.5) is 0 Å². The average Bonchev–Trinajstić information content (AvgIpc) is 2.30. The van der Waals surface area contributed by atoms with Gasteiger partial charge in [-0.2, -0.15) is 0 Å². The second kappa shape index (κ2) is 9.06. The molecule has 0 saturated heterocycles. The second-order valence-electron chi connectivity index (χ2n) is 4.42. The molecule has 1 aliphatic rings. The summed E-state index contributed by atoms with van der Waals surface area (Å²) in [6, 6.07) is 0. The third-order valence-corrected chi connectivity index (χ3v) is 3.55. The standard InChI is InChI=1S/C12H24.CHN/c1-3-11(4-2)10-12-8-6-5-7-9-12;1-2/h11-12H,3-10H2,1-2H3;1H. The first-order valence-corrected chi connectivity index (χ1v) is 6.12. The Morgan fingerprint density at radius 2 is 1.57 bits per heavy atom. The highest BCUT2D eigenvalue weighted by Crippen LogP contribution is 2.30. The lowest BCUT2D eigenvalue weighted by Gasteiger charge is -2.25. The molecule has 82 valence electrons. The number of hydrogen-bond donors (Lipinski definition) is 0. The number of nitriles is 1. The highest BCUT2D eigenvalue weighted by Gasteiger charge is 2.16. The van der Waals surface area contributed by atoms with Crippen molar-refractivity contribution in [2.75, 3.05) is 0 Å². The van der Waals surface area contributed by atoms with Gasteiger partial charge < -0.3 is 0 Å². The molecule has 1 saturated carbocycles. The summed E-state index contributed by atoms with van der Waals surface area (Å²) in [4.78, 5) is 0. The summed E-state index contributed by atoms with van der Waals surface area (Å²) in [6.07, 6.45) is 11.9. The zero-order chi connectivity index (χ0) is 10.8. The Balaban J connectivity index is 0.000000791. The largest absolute Gasteiger partial charge is 0.202 e. The molecule has 0 aromatic rings. The van der Waals surface area contributed by atoms with Gasteiger partial charge in [-0.1, -0.05) is 58.8 Å². The molecule has 0 N–H and O–H groups in total. The summed E-state index contributed by atoms with van der Waals surface area (Å²) in [5.41, 5.74) is 0. The van der Waals surface area contributed by atoms with Crippen LogP contribution in [-0.4, -0.2) is 0 Å². The van der Waals surface area contributed by atoms with Gasteiger partial charge in [0.2, 0.25) is 0 Å². The normalized spacial score (nSPS) is 17.5. The highest BCUT2D eigenvalue weighted by atomic mass is 14.2. The Bertz CT molecular complexity index is 129. The average molecular weight is 195 g/mol. The lowest BCUT2D eigenvalue weighted by Crippen LogP contribution is -2.11. The van der Waals surface area contributed by atoms with Crippen LogP contribution in [0.2, 0.25) is 0 Å². The molecule has 1 aliphatic carbocycles. The van der Waals surface area contributed by atoms with Gasteiger partial charge in [-0.3, -0.25) is 0 Å². The molecule has 0 atom stereocenters. The smallest absolute Gasteiger partial charge is 0.0462 e. The summed E-state index contributed by atoms with van der Waals surface area (Å²) < 4.78 is 0. The van der Waals surface area contributed by atoms with E-state index in [1.807, 2.05) is 0 Å². The lowest BCUT2D eigenvalue weighted by atomic mass is 9.81. The van der Waals surface area contributed by atoms with E-state index in [4.69, 9.17) is 5.26 Å². The first kappa shape index (κ1) is 13.5. The molecule has 0 heterocycles. The van der Waals surface area contributed by atoms with Crippen LogP contribution in [0.15, 0.2) is 0 Å². The Morgan fingerprint density at radius 3 is 2.00 bits per heavy atom.